The quantitative estimate of drug-likeness (QED) is 0.812. The fraction of sp³-hybridized carbons (Fsp3) is 0.263. The van der Waals surface area contributed by atoms with Crippen LogP contribution in [0.4, 0.5) is 13.2 Å². The van der Waals surface area contributed by atoms with Gasteiger partial charge >= 0.3 is 0 Å². The number of halogens is 3. The van der Waals surface area contributed by atoms with Crippen molar-refractivity contribution in [2.75, 3.05) is 7.05 Å². The van der Waals surface area contributed by atoms with Crippen LogP contribution >= 0.6 is 0 Å². The molecule has 28 heavy (non-hydrogen) atoms. The van der Waals surface area contributed by atoms with Crippen molar-refractivity contribution in [3.8, 4) is 0 Å². The third kappa shape index (κ3) is 3.60. The molecule has 146 valence electrons. The van der Waals surface area contributed by atoms with Gasteiger partial charge in [-0.05, 0) is 24.6 Å². The molecule has 1 aliphatic rings. The summed E-state index contributed by atoms with van der Waals surface area (Å²) < 4.78 is 41.2. The molecule has 2 aromatic rings. The van der Waals surface area contributed by atoms with Gasteiger partial charge in [-0.2, -0.15) is 0 Å². The Morgan fingerprint density at radius 2 is 1.96 bits per heavy atom. The van der Waals surface area contributed by atoms with E-state index in [0.29, 0.717) is 11.6 Å². The first kappa shape index (κ1) is 19.5. The summed E-state index contributed by atoms with van der Waals surface area (Å²) in [6.07, 6.45) is 0.355. The number of aromatic nitrogens is 1. The predicted octanol–water partition coefficient (Wildman–Crippen LogP) is 2.32. The third-order valence-electron chi connectivity index (χ3n) is 4.62. The number of hydrogen-bond acceptors (Lipinski definition) is 5. The Morgan fingerprint density at radius 1 is 1.25 bits per heavy atom. The van der Waals surface area contributed by atoms with E-state index in [-0.39, 0.29) is 30.3 Å². The number of ketones is 1. The van der Waals surface area contributed by atoms with Crippen LogP contribution in [0.3, 0.4) is 0 Å². The maximum absolute atomic E-state index is 14.5. The number of rotatable bonds is 4. The molecule has 2 heterocycles. The van der Waals surface area contributed by atoms with Crippen molar-refractivity contribution < 1.29 is 22.8 Å². The molecule has 0 saturated carbocycles. The van der Waals surface area contributed by atoms with Crippen LogP contribution in [-0.4, -0.2) is 34.6 Å². The Bertz CT molecular complexity index is 1010. The van der Waals surface area contributed by atoms with E-state index in [2.05, 4.69) is 9.98 Å². The molecule has 6 nitrogen and oxygen atoms in total. The molecule has 0 aliphatic carbocycles. The molecule has 0 radical (unpaired) electrons. The average Bonchev–Trinajstić information content (AvgIpc) is 2.61. The molecule has 1 atom stereocenters. The highest BCUT2D eigenvalue weighted by molar-refractivity contribution is 5.99. The van der Waals surface area contributed by atoms with Gasteiger partial charge < -0.3 is 5.73 Å². The van der Waals surface area contributed by atoms with E-state index in [4.69, 9.17) is 5.73 Å². The van der Waals surface area contributed by atoms with Gasteiger partial charge in [0, 0.05) is 25.1 Å². The smallest absolute Gasteiger partial charge is 0.231 e. The lowest BCUT2D eigenvalue weighted by Gasteiger charge is -2.34. The monoisotopic (exact) mass is 390 g/mol. The highest BCUT2D eigenvalue weighted by Crippen LogP contribution is 2.35. The van der Waals surface area contributed by atoms with E-state index in [1.54, 1.807) is 6.92 Å². The number of amides is 1. The number of hydrogen-bond donors (Lipinski definition) is 1. The molecule has 1 aromatic heterocycles. The summed E-state index contributed by atoms with van der Waals surface area (Å²) in [6.45, 7) is 1.57. The number of nitrogens with two attached hydrogens (primary N) is 1. The Morgan fingerprint density at radius 3 is 2.61 bits per heavy atom. The highest BCUT2D eigenvalue weighted by Gasteiger charge is 2.38. The number of pyridine rings is 1. The molecular weight excluding hydrogens is 373 g/mol. The van der Waals surface area contributed by atoms with Crippen molar-refractivity contribution in [2.24, 2.45) is 10.7 Å². The van der Waals surface area contributed by atoms with Crippen LogP contribution < -0.4 is 5.73 Å². The molecular formula is C19H17F3N4O2. The first-order valence-corrected chi connectivity index (χ1v) is 8.36. The van der Waals surface area contributed by atoms with Gasteiger partial charge in [-0.25, -0.2) is 23.1 Å². The van der Waals surface area contributed by atoms with Gasteiger partial charge in [0.2, 0.25) is 5.91 Å². The van der Waals surface area contributed by atoms with Crippen molar-refractivity contribution in [2.45, 2.75) is 25.3 Å². The average molecular weight is 390 g/mol. The van der Waals surface area contributed by atoms with E-state index in [9.17, 15) is 22.8 Å². The number of guanidine groups is 1. The van der Waals surface area contributed by atoms with Gasteiger partial charge in [-0.15, -0.1) is 0 Å². The normalized spacial score (nSPS) is 19.5. The van der Waals surface area contributed by atoms with E-state index in [1.807, 2.05) is 0 Å². The molecule has 0 spiro atoms. The fourth-order valence-electron chi connectivity index (χ4n) is 3.05. The summed E-state index contributed by atoms with van der Waals surface area (Å²) in [7, 11) is 1.47. The van der Waals surface area contributed by atoms with Crippen molar-refractivity contribution in [3.05, 3.63) is 64.7 Å². The van der Waals surface area contributed by atoms with E-state index < -0.39 is 34.5 Å². The first-order chi connectivity index (χ1) is 13.1. The van der Waals surface area contributed by atoms with Gasteiger partial charge in [0.1, 0.15) is 17.3 Å². The van der Waals surface area contributed by atoms with Crippen LogP contribution in [0, 0.1) is 17.5 Å². The summed E-state index contributed by atoms with van der Waals surface area (Å²) in [6, 6.07) is 4.47. The number of aliphatic imine (C=N–C) groups is 1. The molecule has 1 amide bonds. The van der Waals surface area contributed by atoms with Gasteiger partial charge in [0.15, 0.2) is 17.6 Å². The topological polar surface area (TPSA) is 88.7 Å². The summed E-state index contributed by atoms with van der Waals surface area (Å²) in [5, 5.41) is 0. The summed E-state index contributed by atoms with van der Waals surface area (Å²) in [5.74, 6) is -3.64. The van der Waals surface area contributed by atoms with Gasteiger partial charge in [0.25, 0.3) is 0 Å². The Hall–Kier alpha value is -3.23. The van der Waals surface area contributed by atoms with Crippen molar-refractivity contribution in [1.29, 1.82) is 0 Å². The number of benzene rings is 1. The SMILES string of the molecule is CN1C(=O)CC(C)(c2cc(CC(=O)c3ncc(F)cc3F)ccc2F)N=C1N. The highest BCUT2D eigenvalue weighted by atomic mass is 19.1. The lowest BCUT2D eigenvalue weighted by Crippen LogP contribution is -2.47. The minimum atomic E-state index is -1.24. The van der Waals surface area contributed by atoms with Gasteiger partial charge in [-0.3, -0.25) is 14.5 Å². The fourth-order valence-corrected chi connectivity index (χ4v) is 3.05. The van der Waals surface area contributed by atoms with Crippen molar-refractivity contribution in [1.82, 2.24) is 9.88 Å². The Labute approximate surface area is 158 Å². The van der Waals surface area contributed by atoms with Crippen LogP contribution in [0.5, 0.6) is 0 Å². The van der Waals surface area contributed by atoms with Crippen molar-refractivity contribution >= 4 is 17.6 Å². The first-order valence-electron chi connectivity index (χ1n) is 8.36. The van der Waals surface area contributed by atoms with E-state index in [1.165, 1.54) is 24.1 Å². The van der Waals surface area contributed by atoms with Crippen LogP contribution in [-0.2, 0) is 16.8 Å². The van der Waals surface area contributed by atoms with E-state index >= 15 is 0 Å². The molecule has 1 aliphatic heterocycles. The lowest BCUT2D eigenvalue weighted by molar-refractivity contribution is -0.128. The Balaban J connectivity index is 1.94. The lowest BCUT2D eigenvalue weighted by atomic mass is 9.85. The summed E-state index contributed by atoms with van der Waals surface area (Å²) >= 11 is 0. The number of carbonyl (C=O) groups is 2. The zero-order valence-corrected chi connectivity index (χ0v) is 15.2. The molecule has 0 bridgehead atoms. The maximum atomic E-state index is 14.5. The molecule has 9 heteroatoms. The minimum absolute atomic E-state index is 0.0442. The second kappa shape index (κ2) is 7.06. The van der Waals surface area contributed by atoms with Crippen LogP contribution in [0.15, 0.2) is 35.5 Å². The molecule has 3 rings (SSSR count). The van der Waals surface area contributed by atoms with Crippen molar-refractivity contribution in [3.63, 3.8) is 0 Å². The second-order valence-electron chi connectivity index (χ2n) is 6.77. The number of nitrogens with zero attached hydrogens (tertiary/aromatic N) is 3. The maximum Gasteiger partial charge on any atom is 0.231 e. The zero-order valence-electron chi connectivity index (χ0n) is 15.2. The zero-order chi connectivity index (χ0) is 20.6. The number of Topliss-reactive ketones (excluding diaryl/α,β-unsaturated/α-hetero) is 1. The number of carbonyl (C=O) groups excluding carboxylic acids is 2. The second-order valence-corrected chi connectivity index (χ2v) is 6.77. The molecule has 0 saturated heterocycles. The summed E-state index contributed by atoms with van der Waals surface area (Å²) in [5.41, 5.74) is 4.47. The largest absolute Gasteiger partial charge is 0.369 e. The standard InChI is InChI=1S/C19H17F3N4O2/c1-19(8-16(28)26(2)18(23)25-19)12-5-10(3-4-13(12)21)6-15(27)17-14(22)7-11(20)9-24-17/h3-5,7,9H,6,8H2,1-2H3,(H2,23,25). The predicted molar refractivity (Wildman–Crippen MR) is 94.9 cm³/mol. The molecule has 2 N–H and O–H groups in total. The third-order valence-corrected chi connectivity index (χ3v) is 4.62. The molecule has 0 fully saturated rings. The van der Waals surface area contributed by atoms with Crippen LogP contribution in [0.2, 0.25) is 0 Å². The van der Waals surface area contributed by atoms with Gasteiger partial charge in [0.05, 0.1) is 18.2 Å². The van der Waals surface area contributed by atoms with Crippen LogP contribution in [0.1, 0.15) is 35.0 Å². The van der Waals surface area contributed by atoms with E-state index in [0.717, 1.165) is 12.3 Å². The Kier molecular flexibility index (Phi) is 4.93. The van der Waals surface area contributed by atoms with Crippen LogP contribution in [0.25, 0.3) is 0 Å². The molecule has 1 aromatic carbocycles. The summed E-state index contributed by atoms with van der Waals surface area (Å²) in [4.78, 5) is 33.3. The minimum Gasteiger partial charge on any atom is -0.369 e. The van der Waals surface area contributed by atoms with Gasteiger partial charge in [-0.1, -0.05) is 6.07 Å². The molecule has 1 unspecified atom stereocenters.